The fraction of sp³-hybridized carbons (Fsp3) is 0.524. The first-order valence-corrected chi connectivity index (χ1v) is 11.0. The van der Waals surface area contributed by atoms with Crippen LogP contribution in [0.3, 0.4) is 0 Å². The van der Waals surface area contributed by atoms with Gasteiger partial charge in [-0.05, 0) is 33.1 Å². The molecule has 0 amide bonds. The standard InChI is InChI=1S/C21H26N10/c1-3-29-19(14-8-23-12(2)24-9-14)26-17-18(22)31(11-25-21(17)29)15-6-7-16-27-28-20(13-4-5-13)30(16)10-15/h8-9,11,13,15,18H,3-7,10,22H2,1-2H3. The van der Waals surface area contributed by atoms with E-state index in [2.05, 4.69) is 41.1 Å². The summed E-state index contributed by atoms with van der Waals surface area (Å²) in [5, 5.41) is 8.88. The smallest absolute Gasteiger partial charge is 0.161 e. The lowest BCUT2D eigenvalue weighted by molar-refractivity contribution is 0.194. The molecule has 1 fully saturated rings. The zero-order valence-corrected chi connectivity index (χ0v) is 17.8. The van der Waals surface area contributed by atoms with E-state index in [-0.39, 0.29) is 12.2 Å². The van der Waals surface area contributed by atoms with Gasteiger partial charge >= 0.3 is 0 Å². The largest absolute Gasteiger partial charge is 0.337 e. The molecule has 10 heteroatoms. The second kappa shape index (κ2) is 6.94. The second-order valence-electron chi connectivity index (χ2n) is 8.60. The summed E-state index contributed by atoms with van der Waals surface area (Å²) in [7, 11) is 0. The Morgan fingerprint density at radius 1 is 1.13 bits per heavy atom. The van der Waals surface area contributed by atoms with Crippen LogP contribution in [0.1, 0.15) is 61.4 Å². The summed E-state index contributed by atoms with van der Waals surface area (Å²) in [4.78, 5) is 20.5. The van der Waals surface area contributed by atoms with E-state index in [0.29, 0.717) is 5.92 Å². The number of imidazole rings is 1. The Hall–Kier alpha value is -3.14. The molecule has 2 N–H and O–H groups in total. The maximum Gasteiger partial charge on any atom is 0.161 e. The van der Waals surface area contributed by atoms with Crippen LogP contribution in [0.15, 0.2) is 17.4 Å². The predicted molar refractivity (Wildman–Crippen MR) is 115 cm³/mol. The molecule has 3 aliphatic rings. The molecule has 31 heavy (non-hydrogen) atoms. The maximum atomic E-state index is 6.75. The van der Waals surface area contributed by atoms with Crippen LogP contribution in [0.2, 0.25) is 0 Å². The summed E-state index contributed by atoms with van der Waals surface area (Å²) in [5.74, 6) is 5.18. The van der Waals surface area contributed by atoms with Crippen LogP contribution in [-0.2, 0) is 19.5 Å². The highest BCUT2D eigenvalue weighted by atomic mass is 15.4. The van der Waals surface area contributed by atoms with Gasteiger partial charge < -0.3 is 19.8 Å². The highest BCUT2D eigenvalue weighted by Gasteiger charge is 2.37. The van der Waals surface area contributed by atoms with Gasteiger partial charge in [-0.2, -0.15) is 0 Å². The Bertz CT molecular complexity index is 1150. The van der Waals surface area contributed by atoms with E-state index < -0.39 is 0 Å². The quantitative estimate of drug-likeness (QED) is 0.689. The van der Waals surface area contributed by atoms with E-state index in [1.807, 2.05) is 25.7 Å². The number of hydrogen-bond donors (Lipinski definition) is 1. The van der Waals surface area contributed by atoms with Crippen LogP contribution in [0.4, 0.5) is 5.82 Å². The third-order valence-electron chi connectivity index (χ3n) is 6.55. The zero-order valence-electron chi connectivity index (χ0n) is 17.8. The molecule has 3 aromatic rings. The van der Waals surface area contributed by atoms with Crippen LogP contribution in [0, 0.1) is 6.92 Å². The van der Waals surface area contributed by atoms with E-state index in [1.165, 1.54) is 12.8 Å². The van der Waals surface area contributed by atoms with E-state index in [0.717, 1.165) is 66.3 Å². The molecular weight excluding hydrogens is 392 g/mol. The Kier molecular flexibility index (Phi) is 4.17. The van der Waals surface area contributed by atoms with Crippen LogP contribution < -0.4 is 5.73 Å². The molecule has 0 radical (unpaired) electrons. The first-order chi connectivity index (χ1) is 15.1. The van der Waals surface area contributed by atoms with Crippen molar-refractivity contribution in [3.63, 3.8) is 0 Å². The van der Waals surface area contributed by atoms with Crippen molar-refractivity contribution in [2.24, 2.45) is 10.7 Å². The van der Waals surface area contributed by atoms with Crippen molar-refractivity contribution in [3.05, 3.63) is 35.6 Å². The molecule has 6 rings (SSSR count). The van der Waals surface area contributed by atoms with E-state index in [9.17, 15) is 0 Å². The number of aryl methyl sites for hydroxylation is 2. The number of fused-ring (bicyclic) bond motifs is 2. The molecule has 160 valence electrons. The topological polar surface area (TPSA) is 116 Å². The van der Waals surface area contributed by atoms with Gasteiger partial charge in [-0.15, -0.1) is 10.2 Å². The minimum absolute atomic E-state index is 0.242. The first kappa shape index (κ1) is 18.6. The molecular formula is C21H26N10. The third kappa shape index (κ3) is 2.96. The third-order valence-corrected chi connectivity index (χ3v) is 6.55. The highest BCUT2D eigenvalue weighted by Crippen LogP contribution is 2.41. The Labute approximate surface area is 180 Å². The van der Waals surface area contributed by atoms with Gasteiger partial charge in [0.05, 0.1) is 17.9 Å². The van der Waals surface area contributed by atoms with Crippen LogP contribution in [0.5, 0.6) is 0 Å². The molecule has 1 saturated carbocycles. The summed E-state index contributed by atoms with van der Waals surface area (Å²) in [6.45, 7) is 5.55. The van der Waals surface area contributed by atoms with Crippen molar-refractivity contribution < 1.29 is 0 Å². The number of hydrogen-bond acceptors (Lipinski definition) is 8. The summed E-state index contributed by atoms with van der Waals surface area (Å²) in [5.41, 5.74) is 8.43. The van der Waals surface area contributed by atoms with Crippen molar-refractivity contribution >= 4 is 12.2 Å². The molecule has 2 aliphatic heterocycles. The molecule has 0 aromatic carbocycles. The van der Waals surface area contributed by atoms with Crippen LogP contribution in [0.25, 0.3) is 11.4 Å². The van der Waals surface area contributed by atoms with Crippen molar-refractivity contribution in [2.75, 3.05) is 0 Å². The second-order valence-corrected chi connectivity index (χ2v) is 8.60. The summed E-state index contributed by atoms with van der Waals surface area (Å²) in [6, 6.07) is 0.242. The molecule has 10 nitrogen and oxygen atoms in total. The molecule has 0 bridgehead atoms. The van der Waals surface area contributed by atoms with E-state index in [1.54, 1.807) is 0 Å². The number of aromatic nitrogens is 7. The van der Waals surface area contributed by atoms with Gasteiger partial charge in [0.2, 0.25) is 0 Å². The Balaban J connectivity index is 1.32. The summed E-state index contributed by atoms with van der Waals surface area (Å²) in [6.07, 6.45) is 9.49. The fourth-order valence-electron chi connectivity index (χ4n) is 4.70. The van der Waals surface area contributed by atoms with E-state index in [4.69, 9.17) is 15.7 Å². The van der Waals surface area contributed by atoms with Gasteiger partial charge in [0.1, 0.15) is 35.2 Å². The van der Waals surface area contributed by atoms with Gasteiger partial charge in [-0.3, -0.25) is 0 Å². The molecule has 2 unspecified atom stereocenters. The lowest BCUT2D eigenvalue weighted by Gasteiger charge is -2.38. The molecule has 0 spiro atoms. The van der Waals surface area contributed by atoms with Crippen molar-refractivity contribution in [1.82, 2.24) is 39.2 Å². The Morgan fingerprint density at radius 3 is 2.68 bits per heavy atom. The minimum atomic E-state index is -0.349. The SMILES string of the molecule is CCn1c(-c2cnc(C)nc2)nc2c1N=CN(C1CCc3nnc(C4CC4)n3C1)C2N. The monoisotopic (exact) mass is 418 g/mol. The fourth-order valence-corrected chi connectivity index (χ4v) is 4.70. The van der Waals surface area contributed by atoms with Gasteiger partial charge in [0.25, 0.3) is 0 Å². The average molecular weight is 419 g/mol. The predicted octanol–water partition coefficient (Wildman–Crippen LogP) is 2.09. The number of nitrogens with zero attached hydrogens (tertiary/aromatic N) is 9. The average Bonchev–Trinajstić information content (AvgIpc) is 3.42. The molecule has 1 aliphatic carbocycles. The normalized spacial score (nSPS) is 22.5. The van der Waals surface area contributed by atoms with Crippen molar-refractivity contribution in [3.8, 4) is 11.4 Å². The first-order valence-electron chi connectivity index (χ1n) is 11.0. The van der Waals surface area contributed by atoms with Crippen LogP contribution >= 0.6 is 0 Å². The number of nitrogens with two attached hydrogens (primary N) is 1. The van der Waals surface area contributed by atoms with Gasteiger partial charge in [-0.25, -0.2) is 19.9 Å². The van der Waals surface area contributed by atoms with Crippen molar-refractivity contribution in [2.45, 2.75) is 70.7 Å². The van der Waals surface area contributed by atoms with Gasteiger partial charge in [0, 0.05) is 37.8 Å². The van der Waals surface area contributed by atoms with Crippen molar-refractivity contribution in [1.29, 1.82) is 0 Å². The number of aliphatic imine (C=N–C) groups is 1. The van der Waals surface area contributed by atoms with Gasteiger partial charge in [-0.1, -0.05) is 0 Å². The lowest BCUT2D eigenvalue weighted by atomic mass is 10.0. The maximum absolute atomic E-state index is 6.75. The number of rotatable bonds is 4. The molecule has 2 atom stereocenters. The summed E-state index contributed by atoms with van der Waals surface area (Å²) < 4.78 is 4.39. The minimum Gasteiger partial charge on any atom is -0.337 e. The summed E-state index contributed by atoms with van der Waals surface area (Å²) >= 11 is 0. The lowest BCUT2D eigenvalue weighted by Crippen LogP contribution is -2.47. The Morgan fingerprint density at radius 2 is 1.94 bits per heavy atom. The molecule has 5 heterocycles. The van der Waals surface area contributed by atoms with Gasteiger partial charge in [0.15, 0.2) is 5.82 Å². The van der Waals surface area contributed by atoms with Crippen LogP contribution in [-0.4, -0.2) is 51.6 Å². The van der Waals surface area contributed by atoms with E-state index >= 15 is 0 Å². The molecule has 3 aromatic heterocycles. The molecule has 0 saturated heterocycles. The zero-order chi connectivity index (χ0) is 21.1. The highest BCUT2D eigenvalue weighted by molar-refractivity contribution is 5.69.